The van der Waals surface area contributed by atoms with Crippen molar-refractivity contribution in [2.45, 2.75) is 73.1 Å². The number of hydrogen-bond donors (Lipinski definition) is 5. The second-order valence-corrected chi connectivity index (χ2v) is 12.8. The lowest BCUT2D eigenvalue weighted by atomic mass is 9.98. The first-order valence-electron chi connectivity index (χ1n) is 17.2. The van der Waals surface area contributed by atoms with Gasteiger partial charge in [-0.25, -0.2) is 9.97 Å². The zero-order valence-electron chi connectivity index (χ0n) is 29.4. The maximum atomic E-state index is 12.9. The molecule has 0 atom stereocenters. The second-order valence-electron chi connectivity index (χ2n) is 12.8. The Labute approximate surface area is 288 Å². The van der Waals surface area contributed by atoms with Crippen molar-refractivity contribution < 1.29 is 14.7 Å². The van der Waals surface area contributed by atoms with E-state index in [1.54, 1.807) is 0 Å². The van der Waals surface area contributed by atoms with Gasteiger partial charge in [0, 0.05) is 59.1 Å². The molecule has 2 aliphatic rings. The summed E-state index contributed by atoms with van der Waals surface area (Å²) in [7, 11) is 0. The fraction of sp³-hybridized carbons (Fsp3) is 0.350. The molecule has 1 amide bonds. The van der Waals surface area contributed by atoms with Crippen LogP contribution in [-0.4, -0.2) is 56.6 Å². The Morgan fingerprint density at radius 3 is 1.82 bits per heavy atom. The van der Waals surface area contributed by atoms with E-state index < -0.39 is 5.97 Å². The summed E-state index contributed by atoms with van der Waals surface area (Å²) < 4.78 is 0. The van der Waals surface area contributed by atoms with Crippen molar-refractivity contribution in [1.29, 1.82) is 0 Å². The molecule has 0 radical (unpaired) electrons. The number of fused-ring (bicyclic) bond motifs is 8. The fourth-order valence-corrected chi connectivity index (χ4v) is 6.58. The molecule has 0 saturated heterocycles. The summed E-state index contributed by atoms with van der Waals surface area (Å²) in [5, 5.41) is 16.0. The molecule has 5 N–H and O–H groups in total. The summed E-state index contributed by atoms with van der Waals surface area (Å²) in [6.45, 7) is 20.8. The molecule has 3 aromatic heterocycles. The van der Waals surface area contributed by atoms with E-state index in [2.05, 4.69) is 66.7 Å². The summed E-state index contributed by atoms with van der Waals surface area (Å²) >= 11 is 0. The number of H-pyrrole nitrogens is 2. The van der Waals surface area contributed by atoms with Gasteiger partial charge in [0.15, 0.2) is 0 Å². The van der Waals surface area contributed by atoms with Crippen LogP contribution >= 0.6 is 0 Å². The Balaban J connectivity index is 1.69. The van der Waals surface area contributed by atoms with Gasteiger partial charge in [0.2, 0.25) is 5.91 Å². The fourth-order valence-electron chi connectivity index (χ4n) is 6.58. The van der Waals surface area contributed by atoms with Crippen molar-refractivity contribution >= 4 is 68.4 Å². The van der Waals surface area contributed by atoms with E-state index in [4.69, 9.17) is 9.97 Å². The van der Waals surface area contributed by atoms with Crippen LogP contribution in [0.1, 0.15) is 104 Å². The Kier molecular flexibility index (Phi) is 11.1. The van der Waals surface area contributed by atoms with E-state index in [9.17, 15) is 14.7 Å². The molecule has 0 unspecified atom stereocenters. The lowest BCUT2D eigenvalue weighted by Crippen LogP contribution is -2.32. The third-order valence-electron chi connectivity index (χ3n) is 9.56. The summed E-state index contributed by atoms with van der Waals surface area (Å²) in [6.07, 6.45) is 7.10. The highest BCUT2D eigenvalue weighted by Crippen LogP contribution is 2.38. The number of carbonyl (C=O) groups excluding carboxylic acids is 1. The van der Waals surface area contributed by atoms with Crippen molar-refractivity contribution in [1.82, 2.24) is 30.6 Å². The number of aromatic amines is 2. The Bertz CT molecular complexity index is 2040. The third-order valence-corrected chi connectivity index (χ3v) is 9.56. The molecule has 9 nitrogen and oxygen atoms in total. The molecule has 0 aliphatic carbocycles. The van der Waals surface area contributed by atoms with Crippen LogP contribution in [0.3, 0.4) is 0 Å². The number of allylic oxidation sites excluding steroid dienone is 4. The van der Waals surface area contributed by atoms with Crippen molar-refractivity contribution in [3.05, 3.63) is 82.5 Å². The van der Waals surface area contributed by atoms with E-state index in [1.807, 2.05) is 38.1 Å². The van der Waals surface area contributed by atoms with Gasteiger partial charge >= 0.3 is 5.97 Å². The van der Waals surface area contributed by atoms with Gasteiger partial charge in [-0.15, -0.1) is 0 Å². The van der Waals surface area contributed by atoms with Gasteiger partial charge in [-0.05, 0) is 111 Å². The van der Waals surface area contributed by atoms with Crippen LogP contribution in [0.15, 0.2) is 37.4 Å². The molecule has 0 aromatic carbocycles. The van der Waals surface area contributed by atoms with Crippen LogP contribution in [0.2, 0.25) is 0 Å². The van der Waals surface area contributed by atoms with Crippen LogP contribution in [0, 0.1) is 13.8 Å². The SMILES string of the molecule is C=Cc1c(C)c2cc3[nH]c(cc4nc(cc5nc(cc1[nH]2)C(C)=C5CCC(=O)O)C(CCC(=O)NCCNCCCC)=C4C)c(C)c3C=C. The Morgan fingerprint density at radius 2 is 1.27 bits per heavy atom. The predicted molar refractivity (Wildman–Crippen MR) is 203 cm³/mol. The van der Waals surface area contributed by atoms with Crippen molar-refractivity contribution in [2.75, 3.05) is 19.6 Å². The van der Waals surface area contributed by atoms with E-state index in [-0.39, 0.29) is 12.3 Å². The van der Waals surface area contributed by atoms with Crippen LogP contribution in [0.25, 0.3) is 56.5 Å². The number of nitrogens with zero attached hydrogens (tertiary/aromatic N) is 2. The number of unbranched alkanes of at least 4 members (excludes halogenated alkanes) is 1. The van der Waals surface area contributed by atoms with E-state index in [0.717, 1.165) is 110 Å². The average molecular weight is 661 g/mol. The molecule has 0 saturated carbocycles. The number of nitrogens with one attached hydrogen (secondary N) is 4. The first-order valence-corrected chi connectivity index (χ1v) is 17.2. The number of hydrogen-bond acceptors (Lipinski definition) is 5. The normalized spacial score (nSPS) is 12.8. The molecule has 49 heavy (non-hydrogen) atoms. The molecular formula is C40H48N6O3. The van der Waals surface area contributed by atoms with Gasteiger partial charge in [0.1, 0.15) is 0 Å². The van der Waals surface area contributed by atoms with Gasteiger partial charge in [0.05, 0.1) is 22.8 Å². The van der Waals surface area contributed by atoms with Gasteiger partial charge in [-0.3, -0.25) is 9.59 Å². The van der Waals surface area contributed by atoms with Crippen molar-refractivity contribution in [3.63, 3.8) is 0 Å². The number of aromatic nitrogens is 4. The molecular weight excluding hydrogens is 612 g/mol. The first kappa shape index (κ1) is 35.3. The third kappa shape index (κ3) is 7.67. The monoisotopic (exact) mass is 660 g/mol. The van der Waals surface area contributed by atoms with Gasteiger partial charge in [-0.1, -0.05) is 38.7 Å². The van der Waals surface area contributed by atoms with Crippen LogP contribution < -0.4 is 10.6 Å². The molecule has 0 fully saturated rings. The summed E-state index contributed by atoms with van der Waals surface area (Å²) in [5.74, 6) is -0.876. The highest BCUT2D eigenvalue weighted by atomic mass is 16.4. The highest BCUT2D eigenvalue weighted by molar-refractivity contribution is 5.97. The minimum Gasteiger partial charge on any atom is -0.481 e. The molecule has 5 heterocycles. The molecule has 3 aromatic rings. The van der Waals surface area contributed by atoms with E-state index in [0.29, 0.717) is 31.5 Å². The van der Waals surface area contributed by atoms with Crippen LogP contribution in [0.5, 0.6) is 0 Å². The van der Waals surface area contributed by atoms with Crippen molar-refractivity contribution in [2.24, 2.45) is 0 Å². The second kappa shape index (κ2) is 15.5. The van der Waals surface area contributed by atoms with Crippen LogP contribution in [0.4, 0.5) is 0 Å². The number of aliphatic carboxylic acids is 1. The number of rotatable bonds is 14. The minimum atomic E-state index is -0.865. The molecule has 8 bridgehead atoms. The largest absolute Gasteiger partial charge is 0.481 e. The summed E-state index contributed by atoms with van der Waals surface area (Å²) in [6, 6.07) is 8.11. The number of carboxylic acids is 1. The number of amides is 1. The van der Waals surface area contributed by atoms with Crippen LogP contribution in [-0.2, 0) is 9.59 Å². The van der Waals surface area contributed by atoms with Gasteiger partial charge in [-0.2, -0.15) is 0 Å². The average Bonchev–Trinajstić information content (AvgIpc) is 3.73. The number of carbonyl (C=O) groups is 2. The summed E-state index contributed by atoms with van der Waals surface area (Å²) in [5.41, 5.74) is 14.5. The van der Waals surface area contributed by atoms with Crippen molar-refractivity contribution in [3.8, 4) is 0 Å². The smallest absolute Gasteiger partial charge is 0.303 e. The molecule has 2 aliphatic heterocycles. The molecule has 9 heteroatoms. The number of aryl methyl sites for hydroxylation is 2. The zero-order valence-corrected chi connectivity index (χ0v) is 29.4. The lowest BCUT2D eigenvalue weighted by Gasteiger charge is -2.08. The first-order chi connectivity index (χ1) is 23.6. The van der Waals surface area contributed by atoms with E-state index in [1.165, 1.54) is 0 Å². The molecule has 0 spiro atoms. The highest BCUT2D eigenvalue weighted by Gasteiger charge is 2.23. The van der Waals surface area contributed by atoms with Gasteiger partial charge < -0.3 is 25.7 Å². The topological polar surface area (TPSA) is 136 Å². The molecule has 5 rings (SSSR count). The summed E-state index contributed by atoms with van der Waals surface area (Å²) in [4.78, 5) is 41.9. The minimum absolute atomic E-state index is 0.0106. The maximum absolute atomic E-state index is 12.9. The lowest BCUT2D eigenvalue weighted by molar-refractivity contribution is -0.136. The quantitative estimate of drug-likeness (QED) is 0.111. The Hall–Kier alpha value is -5.02. The zero-order chi connectivity index (χ0) is 35.2. The standard InChI is InChI=1S/C40H48N6O3/c1-8-11-16-41-17-18-42-39(47)14-12-29-25(6)32-19-31-23(4)27(9-2)35(43-31)20-33-24(5)28(10-3)36(44-33)21-34-26(7)30(13-15-40(48)49)38(46-34)22-37(29)45-32/h9-10,19-22,41,43-44H,2-3,8,11-18H2,1,4-7H3,(H,42,47)(H,48,49). The number of carboxylic acid groups (broad SMARTS) is 1. The van der Waals surface area contributed by atoms with Gasteiger partial charge in [0.25, 0.3) is 0 Å². The predicted octanol–water partition coefficient (Wildman–Crippen LogP) is 8.23. The Morgan fingerprint density at radius 1 is 0.735 bits per heavy atom. The molecule has 256 valence electrons. The van der Waals surface area contributed by atoms with E-state index >= 15 is 0 Å². The maximum Gasteiger partial charge on any atom is 0.303 e.